The van der Waals surface area contributed by atoms with Crippen molar-refractivity contribution >= 4 is 12.0 Å². The molecule has 0 aliphatic carbocycles. The lowest BCUT2D eigenvalue weighted by Gasteiger charge is -2.24. The lowest BCUT2D eigenvalue weighted by atomic mass is 9.95. The molecule has 24 heavy (non-hydrogen) atoms. The van der Waals surface area contributed by atoms with E-state index in [0.29, 0.717) is 0 Å². The number of nitrogens with one attached hydrogen (secondary N) is 1. The minimum absolute atomic E-state index is 0.0146. The summed E-state index contributed by atoms with van der Waals surface area (Å²) in [4.78, 5) is 24.8. The van der Waals surface area contributed by atoms with Crippen LogP contribution in [0.15, 0.2) is 30.3 Å². The fourth-order valence-corrected chi connectivity index (χ4v) is 2.26. The van der Waals surface area contributed by atoms with Crippen LogP contribution in [0.5, 0.6) is 0 Å². The van der Waals surface area contributed by atoms with Gasteiger partial charge in [-0.3, -0.25) is 9.69 Å². The SMILES string of the molecule is CC(C)(C)C(=O)NC1CN(C(=O)OCc2ccccc2)CC1(F)F. The van der Waals surface area contributed by atoms with E-state index in [2.05, 4.69) is 5.32 Å². The van der Waals surface area contributed by atoms with E-state index in [9.17, 15) is 18.4 Å². The second kappa shape index (κ2) is 6.75. The summed E-state index contributed by atoms with van der Waals surface area (Å²) in [6.07, 6.45) is -0.814. The number of carbonyl (C=O) groups excluding carboxylic acids is 2. The maximum absolute atomic E-state index is 14.1. The summed E-state index contributed by atoms with van der Waals surface area (Å²) >= 11 is 0. The molecule has 5 nitrogen and oxygen atoms in total. The molecule has 1 atom stereocenters. The number of benzene rings is 1. The Balaban J connectivity index is 1.93. The molecule has 1 aliphatic rings. The number of hydrogen-bond donors (Lipinski definition) is 1. The molecule has 0 bridgehead atoms. The molecule has 2 rings (SSSR count). The van der Waals surface area contributed by atoms with Crippen molar-refractivity contribution < 1.29 is 23.1 Å². The van der Waals surface area contributed by atoms with Gasteiger partial charge in [0, 0.05) is 5.41 Å². The van der Waals surface area contributed by atoms with Crippen molar-refractivity contribution in [3.05, 3.63) is 35.9 Å². The molecule has 0 spiro atoms. The van der Waals surface area contributed by atoms with Crippen LogP contribution in [0, 0.1) is 5.41 Å². The molecular weight excluding hydrogens is 318 g/mol. The first-order valence-electron chi connectivity index (χ1n) is 7.74. The topological polar surface area (TPSA) is 58.6 Å². The number of carbonyl (C=O) groups is 2. The number of likely N-dealkylation sites (tertiary alicyclic amines) is 1. The number of amides is 2. The number of alkyl halides is 2. The van der Waals surface area contributed by atoms with Crippen LogP contribution in [0.1, 0.15) is 26.3 Å². The first-order valence-corrected chi connectivity index (χ1v) is 7.74. The molecule has 1 aromatic carbocycles. The minimum atomic E-state index is -3.19. The second-order valence-corrected chi connectivity index (χ2v) is 6.96. The van der Waals surface area contributed by atoms with Gasteiger partial charge in [-0.1, -0.05) is 51.1 Å². The van der Waals surface area contributed by atoms with Crippen molar-refractivity contribution in [2.45, 2.75) is 39.3 Å². The van der Waals surface area contributed by atoms with E-state index in [1.165, 1.54) is 0 Å². The highest BCUT2D eigenvalue weighted by Crippen LogP contribution is 2.29. The van der Waals surface area contributed by atoms with Gasteiger partial charge in [-0.2, -0.15) is 0 Å². The van der Waals surface area contributed by atoms with Crippen LogP contribution in [0.2, 0.25) is 0 Å². The van der Waals surface area contributed by atoms with Crippen LogP contribution in [-0.2, 0) is 16.1 Å². The van der Waals surface area contributed by atoms with Gasteiger partial charge in [0.25, 0.3) is 5.92 Å². The lowest BCUT2D eigenvalue weighted by molar-refractivity contribution is -0.131. The predicted octanol–water partition coefficient (Wildman–Crippen LogP) is 2.81. The van der Waals surface area contributed by atoms with Crippen LogP contribution in [0.25, 0.3) is 0 Å². The number of halogens is 2. The maximum atomic E-state index is 14.1. The van der Waals surface area contributed by atoms with Gasteiger partial charge in [0.2, 0.25) is 5.91 Å². The predicted molar refractivity (Wildman–Crippen MR) is 84.5 cm³/mol. The monoisotopic (exact) mass is 340 g/mol. The highest BCUT2D eigenvalue weighted by molar-refractivity contribution is 5.82. The van der Waals surface area contributed by atoms with E-state index in [1.807, 2.05) is 6.07 Å². The third kappa shape index (κ3) is 4.43. The molecular formula is C17H22F2N2O3. The number of ether oxygens (including phenoxy) is 1. The summed E-state index contributed by atoms with van der Waals surface area (Å²) in [6.45, 7) is 3.89. The summed E-state index contributed by atoms with van der Waals surface area (Å²) in [5, 5.41) is 2.33. The van der Waals surface area contributed by atoms with Gasteiger partial charge in [0.15, 0.2) is 0 Å². The third-order valence-corrected chi connectivity index (χ3v) is 3.76. The maximum Gasteiger partial charge on any atom is 0.410 e. The van der Waals surface area contributed by atoms with Crippen LogP contribution >= 0.6 is 0 Å². The summed E-state index contributed by atoms with van der Waals surface area (Å²) in [5.41, 5.74) is -0.00785. The second-order valence-electron chi connectivity index (χ2n) is 6.96. The molecule has 1 fully saturated rings. The first-order chi connectivity index (χ1) is 11.1. The molecule has 0 saturated carbocycles. The smallest absolute Gasteiger partial charge is 0.410 e. The highest BCUT2D eigenvalue weighted by atomic mass is 19.3. The molecule has 2 amide bonds. The average Bonchev–Trinajstić information content (AvgIpc) is 2.80. The first kappa shape index (κ1) is 18.2. The third-order valence-electron chi connectivity index (χ3n) is 3.76. The summed E-state index contributed by atoms with van der Waals surface area (Å²) in [6, 6.07) is 7.57. The highest BCUT2D eigenvalue weighted by Gasteiger charge is 2.51. The Bertz CT molecular complexity index is 600. The van der Waals surface area contributed by atoms with Crippen molar-refractivity contribution in [3.63, 3.8) is 0 Å². The van der Waals surface area contributed by atoms with E-state index in [4.69, 9.17) is 4.74 Å². The Morgan fingerprint density at radius 3 is 2.50 bits per heavy atom. The number of hydrogen-bond acceptors (Lipinski definition) is 3. The Morgan fingerprint density at radius 1 is 1.29 bits per heavy atom. The van der Waals surface area contributed by atoms with Crippen LogP contribution in [0.3, 0.4) is 0 Å². The van der Waals surface area contributed by atoms with E-state index in [-0.39, 0.29) is 13.2 Å². The molecule has 1 saturated heterocycles. The van der Waals surface area contributed by atoms with Gasteiger partial charge in [0.1, 0.15) is 12.6 Å². The van der Waals surface area contributed by atoms with E-state index in [1.54, 1.807) is 45.0 Å². The zero-order chi connectivity index (χ0) is 18.0. The molecule has 1 heterocycles. The fourth-order valence-electron chi connectivity index (χ4n) is 2.26. The molecule has 1 unspecified atom stereocenters. The summed E-state index contributed by atoms with van der Waals surface area (Å²) < 4.78 is 33.2. The van der Waals surface area contributed by atoms with Gasteiger partial charge in [-0.05, 0) is 5.56 Å². The Kier molecular flexibility index (Phi) is 5.11. The molecule has 1 aliphatic heterocycles. The van der Waals surface area contributed by atoms with Gasteiger partial charge < -0.3 is 10.1 Å². The van der Waals surface area contributed by atoms with Crippen molar-refractivity contribution in [2.75, 3.05) is 13.1 Å². The zero-order valence-electron chi connectivity index (χ0n) is 14.0. The van der Waals surface area contributed by atoms with Crippen molar-refractivity contribution in [1.29, 1.82) is 0 Å². The zero-order valence-corrected chi connectivity index (χ0v) is 14.0. The molecule has 0 radical (unpaired) electrons. The van der Waals surface area contributed by atoms with E-state index >= 15 is 0 Å². The average molecular weight is 340 g/mol. The molecule has 132 valence electrons. The molecule has 1 N–H and O–H groups in total. The van der Waals surface area contributed by atoms with E-state index in [0.717, 1.165) is 10.5 Å². The van der Waals surface area contributed by atoms with Crippen molar-refractivity contribution in [3.8, 4) is 0 Å². The van der Waals surface area contributed by atoms with Crippen molar-refractivity contribution in [2.24, 2.45) is 5.41 Å². The largest absolute Gasteiger partial charge is 0.445 e. The summed E-state index contributed by atoms with van der Waals surface area (Å²) in [5.74, 6) is -3.67. The van der Waals surface area contributed by atoms with Gasteiger partial charge in [-0.15, -0.1) is 0 Å². The number of nitrogens with zero attached hydrogens (tertiary/aromatic N) is 1. The standard InChI is InChI=1S/C17H22F2N2O3/c1-16(2,3)14(22)20-13-9-21(11-17(13,18)19)15(23)24-10-12-7-5-4-6-8-12/h4-8,13H,9-11H2,1-3H3,(H,20,22). The van der Waals surface area contributed by atoms with Crippen LogP contribution in [-0.4, -0.2) is 42.0 Å². The summed E-state index contributed by atoms with van der Waals surface area (Å²) in [7, 11) is 0. The minimum Gasteiger partial charge on any atom is -0.445 e. The van der Waals surface area contributed by atoms with E-state index < -0.39 is 35.9 Å². The van der Waals surface area contributed by atoms with Crippen molar-refractivity contribution in [1.82, 2.24) is 10.2 Å². The van der Waals surface area contributed by atoms with Gasteiger partial charge in [0.05, 0.1) is 13.1 Å². The fraction of sp³-hybridized carbons (Fsp3) is 0.529. The van der Waals surface area contributed by atoms with Gasteiger partial charge in [-0.25, -0.2) is 13.6 Å². The number of rotatable bonds is 3. The normalized spacial score (nSPS) is 19.9. The Hall–Kier alpha value is -2.18. The van der Waals surface area contributed by atoms with Crippen LogP contribution in [0.4, 0.5) is 13.6 Å². The quantitative estimate of drug-likeness (QED) is 0.920. The Morgan fingerprint density at radius 2 is 1.92 bits per heavy atom. The lowest BCUT2D eigenvalue weighted by Crippen LogP contribution is -2.50. The van der Waals surface area contributed by atoms with Gasteiger partial charge >= 0.3 is 6.09 Å². The Labute approximate surface area is 140 Å². The molecule has 7 heteroatoms. The molecule has 0 aromatic heterocycles. The molecule has 1 aromatic rings. The van der Waals surface area contributed by atoms with Crippen LogP contribution < -0.4 is 5.32 Å².